The van der Waals surface area contributed by atoms with Crippen molar-refractivity contribution in [2.75, 3.05) is 13.2 Å². The van der Waals surface area contributed by atoms with Crippen molar-refractivity contribution in [3.8, 4) is 0 Å². The van der Waals surface area contributed by atoms with Crippen LogP contribution in [-0.2, 0) is 28.6 Å². The Morgan fingerprint density at radius 3 is 0.772 bits per heavy atom. The number of carbonyl (C=O) groups is 3. The van der Waals surface area contributed by atoms with E-state index < -0.39 is 6.10 Å². The molecule has 0 aromatic heterocycles. The lowest BCUT2D eigenvalue weighted by Gasteiger charge is -2.18. The number of hydrogen-bond acceptors (Lipinski definition) is 6. The summed E-state index contributed by atoms with van der Waals surface area (Å²) in [4.78, 5) is 38.3. The summed E-state index contributed by atoms with van der Waals surface area (Å²) in [5, 5.41) is 0. The normalized spacial score (nSPS) is 13.0. The maximum absolute atomic E-state index is 12.9. The van der Waals surface area contributed by atoms with Crippen LogP contribution in [0.15, 0.2) is 134 Å². The molecule has 0 heterocycles. The van der Waals surface area contributed by atoms with Crippen LogP contribution in [0, 0.1) is 0 Å². The lowest BCUT2D eigenvalue weighted by molar-refractivity contribution is -0.167. The maximum atomic E-state index is 12.9. The van der Waals surface area contributed by atoms with E-state index in [0.29, 0.717) is 19.3 Å². The van der Waals surface area contributed by atoms with E-state index in [2.05, 4.69) is 154 Å². The average molecular weight is 1090 g/mol. The lowest BCUT2D eigenvalue weighted by atomic mass is 10.0. The Kier molecular flexibility index (Phi) is 62.3. The second kappa shape index (κ2) is 66.1. The van der Waals surface area contributed by atoms with Gasteiger partial charge in [-0.3, -0.25) is 14.4 Å². The van der Waals surface area contributed by atoms with Gasteiger partial charge in [0.1, 0.15) is 13.2 Å². The molecule has 79 heavy (non-hydrogen) atoms. The molecule has 0 aromatic rings. The Balaban J connectivity index is 4.41. The molecule has 0 spiro atoms. The van der Waals surface area contributed by atoms with Crippen molar-refractivity contribution >= 4 is 17.9 Å². The van der Waals surface area contributed by atoms with Crippen molar-refractivity contribution < 1.29 is 28.6 Å². The first-order valence-corrected chi connectivity index (χ1v) is 32.7. The zero-order valence-electron chi connectivity index (χ0n) is 51.3. The minimum absolute atomic E-state index is 0.0966. The van der Waals surface area contributed by atoms with E-state index in [-0.39, 0.29) is 31.1 Å². The molecule has 1 unspecified atom stereocenters. The predicted octanol–water partition coefficient (Wildman–Crippen LogP) is 22.5. The molecule has 0 aliphatic heterocycles. The maximum Gasteiger partial charge on any atom is 0.306 e. The van der Waals surface area contributed by atoms with Gasteiger partial charge in [0.25, 0.3) is 0 Å². The van der Waals surface area contributed by atoms with Gasteiger partial charge in [-0.05, 0) is 116 Å². The Labute approximate surface area is 487 Å². The molecule has 0 bridgehead atoms. The third-order valence-electron chi connectivity index (χ3n) is 13.7. The topological polar surface area (TPSA) is 78.9 Å². The summed E-state index contributed by atoms with van der Waals surface area (Å²) in [6.07, 6.45) is 93.1. The zero-order valence-corrected chi connectivity index (χ0v) is 51.3. The summed E-state index contributed by atoms with van der Waals surface area (Å²) in [6.45, 7) is 6.40. The third-order valence-corrected chi connectivity index (χ3v) is 13.7. The fourth-order valence-electron chi connectivity index (χ4n) is 8.83. The summed E-state index contributed by atoms with van der Waals surface area (Å²) < 4.78 is 16.9. The summed E-state index contributed by atoms with van der Waals surface area (Å²) in [7, 11) is 0. The van der Waals surface area contributed by atoms with Crippen molar-refractivity contribution in [3.63, 3.8) is 0 Å². The Morgan fingerprint density at radius 1 is 0.266 bits per heavy atom. The average Bonchev–Trinajstić information content (AvgIpc) is 3.45. The highest BCUT2D eigenvalue weighted by Crippen LogP contribution is 2.16. The predicted molar refractivity (Wildman–Crippen MR) is 343 cm³/mol. The summed E-state index contributed by atoms with van der Waals surface area (Å²) in [5.74, 6) is -0.931. The van der Waals surface area contributed by atoms with Gasteiger partial charge < -0.3 is 14.2 Å². The number of unbranched alkanes of at least 4 members (excludes halogenated alkanes) is 25. The fraction of sp³-hybridized carbons (Fsp3) is 0.658. The van der Waals surface area contributed by atoms with Crippen LogP contribution in [0.1, 0.15) is 290 Å². The van der Waals surface area contributed by atoms with E-state index in [1.54, 1.807) is 0 Å². The molecule has 6 nitrogen and oxygen atoms in total. The van der Waals surface area contributed by atoms with Crippen LogP contribution in [0.2, 0.25) is 0 Å². The van der Waals surface area contributed by atoms with Crippen LogP contribution < -0.4 is 0 Å². The zero-order chi connectivity index (χ0) is 57.1. The molecule has 0 aromatic carbocycles. The molecule has 448 valence electrons. The van der Waals surface area contributed by atoms with Gasteiger partial charge in [-0.2, -0.15) is 0 Å². The minimum Gasteiger partial charge on any atom is -0.462 e. The first kappa shape index (κ1) is 74.5. The lowest BCUT2D eigenvalue weighted by Crippen LogP contribution is -2.30. The van der Waals surface area contributed by atoms with Gasteiger partial charge in [0.15, 0.2) is 6.10 Å². The van der Waals surface area contributed by atoms with Crippen LogP contribution in [0.3, 0.4) is 0 Å². The van der Waals surface area contributed by atoms with Gasteiger partial charge >= 0.3 is 17.9 Å². The van der Waals surface area contributed by atoms with Gasteiger partial charge in [0, 0.05) is 19.3 Å². The highest BCUT2D eigenvalue weighted by Gasteiger charge is 2.19. The largest absolute Gasteiger partial charge is 0.462 e. The standard InChI is InChI=1S/C73H120O6/c1-4-7-10-13-16-19-22-25-28-30-31-32-33-34-35-36-37-38-39-40-41-43-45-48-51-54-57-60-63-66-72(75)78-69-70(68-77-71(74)65-62-59-56-53-50-47-44-27-24-21-18-15-12-9-6-3)79-73(76)67-64-61-58-55-52-49-46-42-29-26-23-20-17-14-11-8-5-2/h7,9-10,12,16,18-19,21,25,27-28,31-32,34-35,37-38,40-41,44-45,48,70H,4-6,8,11,13-15,17,20,22-24,26,29-30,33,36,39,42-43,46-47,49-69H2,1-3H3/b10-7-,12-9-,19-16-,21-18-,28-25-,32-31-,35-34-,38-37-,41-40-,44-27-,48-45-. The molecule has 0 aliphatic rings. The van der Waals surface area contributed by atoms with Crippen LogP contribution in [0.25, 0.3) is 0 Å². The van der Waals surface area contributed by atoms with Crippen molar-refractivity contribution in [2.24, 2.45) is 0 Å². The van der Waals surface area contributed by atoms with Crippen molar-refractivity contribution in [2.45, 2.75) is 297 Å². The SMILES string of the molecule is CC/C=C\C/C=C\C/C=C\C/C=C\C/C=C\C/C=C\C/C=C\C/C=C\CCCCCCC(=O)OCC(COC(=O)CCCCCCC/C=C\C/C=C\C/C=C\CC)OC(=O)CCCCCCCCCCCCCCCCCCC. The number of allylic oxidation sites excluding steroid dienone is 22. The van der Waals surface area contributed by atoms with Crippen LogP contribution in [-0.4, -0.2) is 37.2 Å². The molecule has 0 saturated heterocycles. The second-order valence-corrected chi connectivity index (χ2v) is 21.3. The highest BCUT2D eigenvalue weighted by molar-refractivity contribution is 5.71. The van der Waals surface area contributed by atoms with Gasteiger partial charge in [0.05, 0.1) is 0 Å². The number of carbonyl (C=O) groups excluding carboxylic acids is 3. The highest BCUT2D eigenvalue weighted by atomic mass is 16.6. The Morgan fingerprint density at radius 2 is 0.494 bits per heavy atom. The molecule has 0 aliphatic carbocycles. The monoisotopic (exact) mass is 1090 g/mol. The second-order valence-electron chi connectivity index (χ2n) is 21.3. The smallest absolute Gasteiger partial charge is 0.306 e. The van der Waals surface area contributed by atoms with E-state index in [1.807, 2.05) is 0 Å². The Bertz CT molecular complexity index is 1680. The molecule has 0 saturated carbocycles. The van der Waals surface area contributed by atoms with Gasteiger partial charge in [-0.25, -0.2) is 0 Å². The van der Waals surface area contributed by atoms with E-state index in [0.717, 1.165) is 161 Å². The number of esters is 3. The molecular formula is C73H120O6. The van der Waals surface area contributed by atoms with Gasteiger partial charge in [-0.15, -0.1) is 0 Å². The minimum atomic E-state index is -0.800. The van der Waals surface area contributed by atoms with E-state index >= 15 is 0 Å². The molecule has 1 atom stereocenters. The number of ether oxygens (including phenoxy) is 3. The van der Waals surface area contributed by atoms with Crippen molar-refractivity contribution in [3.05, 3.63) is 134 Å². The van der Waals surface area contributed by atoms with Crippen molar-refractivity contribution in [1.82, 2.24) is 0 Å². The van der Waals surface area contributed by atoms with E-state index in [9.17, 15) is 14.4 Å². The summed E-state index contributed by atoms with van der Waals surface area (Å²) in [5.41, 5.74) is 0. The van der Waals surface area contributed by atoms with Crippen LogP contribution in [0.4, 0.5) is 0 Å². The molecule has 0 amide bonds. The molecule has 0 fully saturated rings. The quantitative estimate of drug-likeness (QED) is 0.0261. The summed E-state index contributed by atoms with van der Waals surface area (Å²) in [6, 6.07) is 0. The van der Waals surface area contributed by atoms with Crippen LogP contribution in [0.5, 0.6) is 0 Å². The van der Waals surface area contributed by atoms with E-state index in [1.165, 1.54) is 89.9 Å². The first-order valence-electron chi connectivity index (χ1n) is 32.7. The molecule has 0 radical (unpaired) electrons. The van der Waals surface area contributed by atoms with Gasteiger partial charge in [-0.1, -0.05) is 289 Å². The van der Waals surface area contributed by atoms with Crippen molar-refractivity contribution in [1.29, 1.82) is 0 Å². The first-order chi connectivity index (χ1) is 39.0. The summed E-state index contributed by atoms with van der Waals surface area (Å²) >= 11 is 0. The fourth-order valence-corrected chi connectivity index (χ4v) is 8.83. The van der Waals surface area contributed by atoms with Crippen LogP contribution >= 0.6 is 0 Å². The molecule has 6 heteroatoms. The molecular weight excluding hydrogens is 973 g/mol. The molecule has 0 rings (SSSR count). The molecule has 0 N–H and O–H groups in total. The van der Waals surface area contributed by atoms with Gasteiger partial charge in [0.2, 0.25) is 0 Å². The number of hydrogen-bond donors (Lipinski definition) is 0. The Hall–Kier alpha value is -4.45. The number of rotatable bonds is 58. The third kappa shape index (κ3) is 64.3. The van der Waals surface area contributed by atoms with E-state index in [4.69, 9.17) is 14.2 Å².